The van der Waals surface area contributed by atoms with Crippen molar-refractivity contribution < 1.29 is 9.21 Å². The summed E-state index contributed by atoms with van der Waals surface area (Å²) in [5.74, 6) is 0.802. The van der Waals surface area contributed by atoms with Crippen molar-refractivity contribution >= 4 is 22.6 Å². The predicted octanol–water partition coefficient (Wildman–Crippen LogP) is 4.29. The number of fused-ring (bicyclic) bond motifs is 2. The maximum Gasteiger partial charge on any atom is 0.248 e. The van der Waals surface area contributed by atoms with Crippen molar-refractivity contribution in [3.63, 3.8) is 0 Å². The summed E-state index contributed by atoms with van der Waals surface area (Å²) >= 11 is 0. The maximum absolute atomic E-state index is 13.2. The number of aromatic nitrogens is 3. The standard InChI is InChI=1S/C23H22N4O2/c1-15-7-8-19-17(13-15)5-3-11-26(19)21(28)14-27-23-22(16(2)25-27)18(9-10-24-23)20-6-4-12-29-20/h4,6-10,12-13H,3,5,11,14H2,1-2H3. The van der Waals surface area contributed by atoms with Crippen LogP contribution in [-0.2, 0) is 17.8 Å². The van der Waals surface area contributed by atoms with E-state index in [4.69, 9.17) is 4.42 Å². The molecular formula is C23H22N4O2. The van der Waals surface area contributed by atoms with Crippen LogP contribution < -0.4 is 4.90 Å². The summed E-state index contributed by atoms with van der Waals surface area (Å²) in [5, 5.41) is 5.55. The van der Waals surface area contributed by atoms with Crippen molar-refractivity contribution in [1.29, 1.82) is 0 Å². The number of benzene rings is 1. The first kappa shape index (κ1) is 17.7. The lowest BCUT2D eigenvalue weighted by Gasteiger charge is -2.29. The quantitative estimate of drug-likeness (QED) is 0.527. The Kier molecular flexibility index (Phi) is 4.19. The third-order valence-corrected chi connectivity index (χ3v) is 5.53. The lowest BCUT2D eigenvalue weighted by atomic mass is 9.99. The molecule has 1 aliphatic heterocycles. The summed E-state index contributed by atoms with van der Waals surface area (Å²) in [5.41, 5.74) is 5.96. The number of amides is 1. The van der Waals surface area contributed by atoms with Crippen molar-refractivity contribution in [2.75, 3.05) is 11.4 Å². The van der Waals surface area contributed by atoms with E-state index >= 15 is 0 Å². The number of carbonyl (C=O) groups is 1. The zero-order valence-electron chi connectivity index (χ0n) is 16.6. The highest BCUT2D eigenvalue weighted by molar-refractivity contribution is 5.97. The van der Waals surface area contributed by atoms with E-state index in [0.29, 0.717) is 5.65 Å². The third-order valence-electron chi connectivity index (χ3n) is 5.53. The highest BCUT2D eigenvalue weighted by Gasteiger charge is 2.24. The molecule has 146 valence electrons. The molecule has 0 unspecified atom stereocenters. The van der Waals surface area contributed by atoms with Gasteiger partial charge in [0.2, 0.25) is 5.91 Å². The number of anilines is 1. The molecule has 0 atom stereocenters. The second-order valence-electron chi connectivity index (χ2n) is 7.56. The Morgan fingerprint density at radius 1 is 1.21 bits per heavy atom. The SMILES string of the molecule is Cc1ccc2c(c1)CCCN2C(=O)Cn1nc(C)c2c(-c3ccco3)ccnc21. The third kappa shape index (κ3) is 3.01. The zero-order valence-corrected chi connectivity index (χ0v) is 16.6. The van der Waals surface area contributed by atoms with E-state index in [1.54, 1.807) is 17.1 Å². The first-order valence-corrected chi connectivity index (χ1v) is 9.88. The number of furan rings is 1. The number of hydrogen-bond donors (Lipinski definition) is 0. The molecule has 6 heteroatoms. The molecule has 4 aromatic rings. The fourth-order valence-electron chi connectivity index (χ4n) is 4.23. The van der Waals surface area contributed by atoms with Gasteiger partial charge in [-0.05, 0) is 56.5 Å². The van der Waals surface area contributed by atoms with Crippen LogP contribution in [0.1, 0.15) is 23.2 Å². The molecular weight excluding hydrogens is 364 g/mol. The highest BCUT2D eigenvalue weighted by Crippen LogP contribution is 2.31. The van der Waals surface area contributed by atoms with Crippen LogP contribution in [0.15, 0.2) is 53.3 Å². The number of nitrogens with zero attached hydrogens (tertiary/aromatic N) is 4. The van der Waals surface area contributed by atoms with E-state index in [-0.39, 0.29) is 12.5 Å². The molecule has 3 aromatic heterocycles. The fraction of sp³-hybridized carbons (Fsp3) is 0.261. The minimum Gasteiger partial charge on any atom is -0.464 e. The van der Waals surface area contributed by atoms with E-state index in [2.05, 4.69) is 35.2 Å². The maximum atomic E-state index is 13.2. The Balaban J connectivity index is 1.51. The van der Waals surface area contributed by atoms with E-state index in [0.717, 1.165) is 47.5 Å². The van der Waals surface area contributed by atoms with Crippen molar-refractivity contribution in [1.82, 2.24) is 14.8 Å². The van der Waals surface area contributed by atoms with E-state index in [1.807, 2.05) is 30.0 Å². The van der Waals surface area contributed by atoms with E-state index in [9.17, 15) is 4.79 Å². The van der Waals surface area contributed by atoms with Gasteiger partial charge in [0.25, 0.3) is 0 Å². The van der Waals surface area contributed by atoms with E-state index < -0.39 is 0 Å². The largest absolute Gasteiger partial charge is 0.464 e. The molecule has 0 saturated heterocycles. The van der Waals surface area contributed by atoms with Gasteiger partial charge >= 0.3 is 0 Å². The summed E-state index contributed by atoms with van der Waals surface area (Å²) in [6.07, 6.45) is 5.38. The molecule has 5 rings (SSSR count). The predicted molar refractivity (Wildman–Crippen MR) is 112 cm³/mol. The molecule has 0 N–H and O–H groups in total. The molecule has 0 fully saturated rings. The lowest BCUT2D eigenvalue weighted by molar-refractivity contribution is -0.119. The van der Waals surface area contributed by atoms with Gasteiger partial charge in [-0.25, -0.2) is 9.67 Å². The minimum atomic E-state index is 0.0319. The highest BCUT2D eigenvalue weighted by atomic mass is 16.3. The molecule has 0 spiro atoms. The van der Waals surface area contributed by atoms with Gasteiger partial charge in [0.05, 0.1) is 17.3 Å². The van der Waals surface area contributed by atoms with Crippen LogP contribution in [-0.4, -0.2) is 27.2 Å². The molecule has 6 nitrogen and oxygen atoms in total. The van der Waals surface area contributed by atoms with Crippen LogP contribution in [0.3, 0.4) is 0 Å². The summed E-state index contributed by atoms with van der Waals surface area (Å²) in [6, 6.07) is 12.0. The molecule has 0 saturated carbocycles. The van der Waals surface area contributed by atoms with Gasteiger partial charge in [-0.2, -0.15) is 5.10 Å². The fourth-order valence-corrected chi connectivity index (χ4v) is 4.23. The topological polar surface area (TPSA) is 64.2 Å². The van der Waals surface area contributed by atoms with Gasteiger partial charge in [-0.3, -0.25) is 4.79 Å². The second kappa shape index (κ2) is 6.88. The molecule has 4 heterocycles. The number of hydrogen-bond acceptors (Lipinski definition) is 4. The van der Waals surface area contributed by atoms with Gasteiger partial charge in [0.15, 0.2) is 5.65 Å². The average molecular weight is 386 g/mol. The van der Waals surface area contributed by atoms with Crippen molar-refractivity contribution in [3.8, 4) is 11.3 Å². The van der Waals surface area contributed by atoms with Crippen LogP contribution >= 0.6 is 0 Å². The monoisotopic (exact) mass is 386 g/mol. The average Bonchev–Trinajstić information content (AvgIpc) is 3.36. The summed E-state index contributed by atoms with van der Waals surface area (Å²) in [4.78, 5) is 19.6. The number of aryl methyl sites for hydroxylation is 3. The van der Waals surface area contributed by atoms with Gasteiger partial charge in [-0.15, -0.1) is 0 Å². The van der Waals surface area contributed by atoms with E-state index in [1.165, 1.54) is 11.1 Å². The lowest BCUT2D eigenvalue weighted by Crippen LogP contribution is -2.38. The van der Waals surface area contributed by atoms with Crippen molar-refractivity contribution in [2.24, 2.45) is 0 Å². The summed E-state index contributed by atoms with van der Waals surface area (Å²) in [7, 11) is 0. The van der Waals surface area contributed by atoms with Gasteiger partial charge in [-0.1, -0.05) is 17.7 Å². The molecule has 0 aliphatic carbocycles. The smallest absolute Gasteiger partial charge is 0.248 e. The van der Waals surface area contributed by atoms with Crippen molar-refractivity contribution in [3.05, 3.63) is 65.7 Å². The van der Waals surface area contributed by atoms with Crippen LogP contribution in [0.2, 0.25) is 0 Å². The van der Waals surface area contributed by atoms with Crippen LogP contribution in [0.5, 0.6) is 0 Å². The molecule has 1 aliphatic rings. The Morgan fingerprint density at radius 2 is 2.10 bits per heavy atom. The Labute approximate surface area is 168 Å². The number of rotatable bonds is 3. The minimum absolute atomic E-state index is 0.0319. The molecule has 1 amide bonds. The summed E-state index contributed by atoms with van der Waals surface area (Å²) < 4.78 is 7.29. The second-order valence-corrected chi connectivity index (χ2v) is 7.56. The van der Waals surface area contributed by atoms with Gasteiger partial charge in [0, 0.05) is 24.0 Å². The molecule has 29 heavy (non-hydrogen) atoms. The Hall–Kier alpha value is -3.41. The first-order valence-electron chi connectivity index (χ1n) is 9.88. The first-order chi connectivity index (χ1) is 14.1. The van der Waals surface area contributed by atoms with Crippen LogP contribution in [0.4, 0.5) is 5.69 Å². The van der Waals surface area contributed by atoms with Gasteiger partial charge < -0.3 is 9.32 Å². The number of carbonyl (C=O) groups excluding carboxylic acids is 1. The molecule has 0 bridgehead atoms. The van der Waals surface area contributed by atoms with Crippen LogP contribution in [0.25, 0.3) is 22.4 Å². The van der Waals surface area contributed by atoms with Gasteiger partial charge in [0.1, 0.15) is 12.3 Å². The van der Waals surface area contributed by atoms with Crippen LogP contribution in [0, 0.1) is 13.8 Å². The Morgan fingerprint density at radius 3 is 2.93 bits per heavy atom. The van der Waals surface area contributed by atoms with Crippen molar-refractivity contribution in [2.45, 2.75) is 33.2 Å². The number of pyridine rings is 1. The zero-order chi connectivity index (χ0) is 20.0. The molecule has 0 radical (unpaired) electrons. The Bertz CT molecular complexity index is 1210. The summed E-state index contributed by atoms with van der Waals surface area (Å²) in [6.45, 7) is 4.92. The normalized spacial score (nSPS) is 13.7. The molecule has 1 aromatic carbocycles.